The highest BCUT2D eigenvalue weighted by Gasteiger charge is 2.37. The van der Waals surface area contributed by atoms with E-state index in [2.05, 4.69) is 24.1 Å². The lowest BCUT2D eigenvalue weighted by atomic mass is 9.95. The Balaban J connectivity index is 1.56. The van der Waals surface area contributed by atoms with Gasteiger partial charge in [0, 0.05) is 18.0 Å². The molecule has 2 heterocycles. The van der Waals surface area contributed by atoms with Crippen LogP contribution in [0.3, 0.4) is 0 Å². The summed E-state index contributed by atoms with van der Waals surface area (Å²) in [5.74, 6) is -0.484. The molecule has 0 aromatic carbocycles. The fraction of sp³-hybridized carbons (Fsp3) is 0.704. The zero-order chi connectivity index (χ0) is 22.9. The van der Waals surface area contributed by atoms with Crippen molar-refractivity contribution in [3.05, 3.63) is 42.2 Å². The Hall–Kier alpha value is -1.72. The van der Waals surface area contributed by atoms with Gasteiger partial charge in [0.15, 0.2) is 6.29 Å². The summed E-state index contributed by atoms with van der Waals surface area (Å²) in [5.41, 5.74) is 0.878. The molecule has 3 unspecified atom stereocenters. The maximum atomic E-state index is 12.3. The summed E-state index contributed by atoms with van der Waals surface area (Å²) in [6.07, 6.45) is 23.3. The third-order valence-electron chi connectivity index (χ3n) is 6.15. The van der Waals surface area contributed by atoms with Crippen molar-refractivity contribution < 1.29 is 19.0 Å². The Labute approximate surface area is 194 Å². The summed E-state index contributed by atoms with van der Waals surface area (Å²) in [7, 11) is 1.45. The zero-order valence-electron chi connectivity index (χ0n) is 20.2. The van der Waals surface area contributed by atoms with Gasteiger partial charge in [-0.3, -0.25) is 9.78 Å². The molecule has 0 aliphatic carbocycles. The van der Waals surface area contributed by atoms with Gasteiger partial charge < -0.3 is 14.2 Å². The first-order valence-corrected chi connectivity index (χ1v) is 12.7. The van der Waals surface area contributed by atoms with Crippen molar-refractivity contribution in [1.82, 2.24) is 4.98 Å². The Kier molecular flexibility index (Phi) is 14.0. The molecule has 1 aromatic rings. The molecule has 1 aliphatic rings. The van der Waals surface area contributed by atoms with E-state index in [1.54, 1.807) is 12.4 Å². The number of allylic oxidation sites excluding steroid dienone is 2. The molecule has 0 bridgehead atoms. The second-order valence-electron chi connectivity index (χ2n) is 8.78. The lowest BCUT2D eigenvalue weighted by Gasteiger charge is -2.20. The van der Waals surface area contributed by atoms with Crippen LogP contribution in [0.15, 0.2) is 36.7 Å². The van der Waals surface area contributed by atoms with Crippen molar-refractivity contribution in [2.75, 3.05) is 13.7 Å². The summed E-state index contributed by atoms with van der Waals surface area (Å²) in [5, 5.41) is 0. The number of unbranched alkanes of at least 4 members (excludes halogenated alkanes) is 10. The van der Waals surface area contributed by atoms with E-state index in [-0.39, 0.29) is 18.0 Å². The SMILES string of the molecule is CCCCCCCC/C=C\CCCCCCC(C(=O)OC)C1COC(c2cccnc2)O1. The number of hydrogen-bond acceptors (Lipinski definition) is 5. The van der Waals surface area contributed by atoms with Crippen LogP contribution in [0.4, 0.5) is 0 Å². The molecular formula is C27H43NO4. The zero-order valence-corrected chi connectivity index (χ0v) is 20.2. The molecule has 2 rings (SSSR count). The van der Waals surface area contributed by atoms with Gasteiger partial charge in [-0.15, -0.1) is 0 Å². The predicted molar refractivity (Wildman–Crippen MR) is 128 cm³/mol. The van der Waals surface area contributed by atoms with Gasteiger partial charge in [-0.05, 0) is 38.2 Å². The number of nitrogens with zero attached hydrogens (tertiary/aromatic N) is 1. The first kappa shape index (κ1) is 26.5. The highest BCUT2D eigenvalue weighted by Crippen LogP contribution is 2.32. The molecule has 0 saturated carbocycles. The topological polar surface area (TPSA) is 57.7 Å². The molecule has 180 valence electrons. The Morgan fingerprint density at radius 2 is 1.78 bits per heavy atom. The second-order valence-corrected chi connectivity index (χ2v) is 8.78. The molecule has 0 N–H and O–H groups in total. The van der Waals surface area contributed by atoms with Gasteiger partial charge in [0.1, 0.15) is 0 Å². The fourth-order valence-corrected chi connectivity index (χ4v) is 4.19. The molecular weight excluding hydrogens is 402 g/mol. The van der Waals surface area contributed by atoms with Gasteiger partial charge in [-0.1, -0.05) is 76.5 Å². The molecule has 3 atom stereocenters. The minimum atomic E-state index is -0.455. The maximum Gasteiger partial charge on any atom is 0.311 e. The lowest BCUT2D eigenvalue weighted by Crippen LogP contribution is -2.31. The summed E-state index contributed by atoms with van der Waals surface area (Å²) in [6, 6.07) is 3.78. The lowest BCUT2D eigenvalue weighted by molar-refractivity contribution is -0.152. The summed E-state index contributed by atoms with van der Waals surface area (Å²) in [6.45, 7) is 2.67. The number of hydrogen-bond donors (Lipinski definition) is 0. The highest BCUT2D eigenvalue weighted by atomic mass is 16.7. The van der Waals surface area contributed by atoms with Crippen molar-refractivity contribution >= 4 is 5.97 Å². The number of carbonyl (C=O) groups is 1. The largest absolute Gasteiger partial charge is 0.469 e. The molecule has 1 aromatic heterocycles. The van der Waals surface area contributed by atoms with Gasteiger partial charge in [0.05, 0.1) is 25.7 Å². The number of ether oxygens (including phenoxy) is 3. The van der Waals surface area contributed by atoms with Crippen LogP contribution in [-0.2, 0) is 19.0 Å². The van der Waals surface area contributed by atoms with Crippen molar-refractivity contribution in [2.45, 2.75) is 103 Å². The Bertz CT molecular complexity index is 634. The monoisotopic (exact) mass is 445 g/mol. The van der Waals surface area contributed by atoms with Crippen LogP contribution >= 0.6 is 0 Å². The quantitative estimate of drug-likeness (QED) is 0.148. The number of pyridine rings is 1. The maximum absolute atomic E-state index is 12.3. The minimum Gasteiger partial charge on any atom is -0.469 e. The normalized spacial score (nSPS) is 19.4. The molecule has 0 spiro atoms. The van der Waals surface area contributed by atoms with Gasteiger partial charge in [-0.2, -0.15) is 0 Å². The Morgan fingerprint density at radius 3 is 2.44 bits per heavy atom. The van der Waals surface area contributed by atoms with Crippen LogP contribution in [0.25, 0.3) is 0 Å². The van der Waals surface area contributed by atoms with Crippen LogP contribution < -0.4 is 0 Å². The third kappa shape index (κ3) is 10.3. The van der Waals surface area contributed by atoms with E-state index in [9.17, 15) is 4.79 Å². The van der Waals surface area contributed by atoms with E-state index in [0.717, 1.165) is 31.2 Å². The minimum absolute atomic E-state index is 0.205. The second kappa shape index (κ2) is 16.8. The van der Waals surface area contributed by atoms with Gasteiger partial charge in [-0.25, -0.2) is 0 Å². The van der Waals surface area contributed by atoms with Crippen LogP contribution in [0.1, 0.15) is 102 Å². The summed E-state index contributed by atoms with van der Waals surface area (Å²) < 4.78 is 16.8. The van der Waals surface area contributed by atoms with Crippen molar-refractivity contribution in [2.24, 2.45) is 5.92 Å². The molecule has 5 heteroatoms. The van der Waals surface area contributed by atoms with Gasteiger partial charge in [0.25, 0.3) is 0 Å². The van der Waals surface area contributed by atoms with Crippen molar-refractivity contribution in [3.8, 4) is 0 Å². The first-order valence-electron chi connectivity index (χ1n) is 12.7. The fourth-order valence-electron chi connectivity index (χ4n) is 4.19. The average Bonchev–Trinajstić information content (AvgIpc) is 3.31. The van der Waals surface area contributed by atoms with Gasteiger partial charge >= 0.3 is 5.97 Å². The number of esters is 1. The van der Waals surface area contributed by atoms with E-state index in [1.165, 1.54) is 64.9 Å². The van der Waals surface area contributed by atoms with Crippen LogP contribution in [-0.4, -0.2) is 30.8 Å². The molecule has 0 amide bonds. The third-order valence-corrected chi connectivity index (χ3v) is 6.15. The number of carbonyl (C=O) groups excluding carboxylic acids is 1. The Morgan fingerprint density at radius 1 is 1.09 bits per heavy atom. The van der Waals surface area contributed by atoms with Crippen LogP contribution in [0.5, 0.6) is 0 Å². The predicted octanol–water partition coefficient (Wildman–Crippen LogP) is 6.93. The van der Waals surface area contributed by atoms with Crippen molar-refractivity contribution in [3.63, 3.8) is 0 Å². The number of aromatic nitrogens is 1. The summed E-state index contributed by atoms with van der Waals surface area (Å²) in [4.78, 5) is 16.4. The van der Waals surface area contributed by atoms with Gasteiger partial charge in [0.2, 0.25) is 0 Å². The van der Waals surface area contributed by atoms with Crippen LogP contribution in [0.2, 0.25) is 0 Å². The van der Waals surface area contributed by atoms with E-state index in [0.29, 0.717) is 6.61 Å². The van der Waals surface area contributed by atoms with E-state index in [1.807, 2.05) is 12.1 Å². The van der Waals surface area contributed by atoms with Crippen molar-refractivity contribution in [1.29, 1.82) is 0 Å². The van der Waals surface area contributed by atoms with Crippen LogP contribution in [0, 0.1) is 5.92 Å². The number of methoxy groups -OCH3 is 1. The molecule has 5 nitrogen and oxygen atoms in total. The molecule has 32 heavy (non-hydrogen) atoms. The molecule has 1 aliphatic heterocycles. The van der Waals surface area contributed by atoms with E-state index in [4.69, 9.17) is 14.2 Å². The van der Waals surface area contributed by atoms with E-state index >= 15 is 0 Å². The number of rotatable bonds is 17. The summed E-state index contributed by atoms with van der Waals surface area (Å²) >= 11 is 0. The molecule has 1 saturated heterocycles. The standard InChI is InChI=1S/C27H43NO4/c1-3-4-5-6-7-8-9-10-11-12-13-14-15-16-19-24(26(29)30-2)25-22-31-27(32-25)23-18-17-20-28-21-23/h10-11,17-18,20-21,24-25,27H,3-9,12-16,19,22H2,1-2H3/b11-10-. The molecule has 0 radical (unpaired) electrons. The average molecular weight is 446 g/mol. The first-order chi connectivity index (χ1) is 15.8. The smallest absolute Gasteiger partial charge is 0.311 e. The molecule has 1 fully saturated rings. The van der Waals surface area contributed by atoms with E-state index < -0.39 is 6.29 Å². The highest BCUT2D eigenvalue weighted by molar-refractivity contribution is 5.73.